The van der Waals surface area contributed by atoms with Crippen LogP contribution in [0.1, 0.15) is 49.8 Å². The third-order valence-electron chi connectivity index (χ3n) is 4.11. The molecule has 0 aliphatic heterocycles. The number of anilines is 1. The zero-order valence-electron chi connectivity index (χ0n) is 10.6. The Morgan fingerprint density at radius 2 is 2.18 bits per heavy atom. The van der Waals surface area contributed by atoms with Gasteiger partial charge in [-0.15, -0.1) is 0 Å². The second kappa shape index (κ2) is 4.34. The lowest BCUT2D eigenvalue weighted by Gasteiger charge is -2.20. The quantitative estimate of drug-likeness (QED) is 0.780. The van der Waals surface area contributed by atoms with Crippen LogP contribution in [0.4, 0.5) is 5.69 Å². The number of hydrogen-bond acceptors (Lipinski definition) is 2. The Bertz CT molecular complexity index is 409. The summed E-state index contributed by atoms with van der Waals surface area (Å²) in [7, 11) is 0. The first-order valence-corrected chi connectivity index (χ1v) is 6.86. The zero-order chi connectivity index (χ0) is 11.8. The molecule has 3 rings (SSSR count). The van der Waals surface area contributed by atoms with Crippen LogP contribution in [0, 0.1) is 5.92 Å². The highest BCUT2D eigenvalue weighted by atomic mass is 15.0. The molecule has 1 aromatic carbocycles. The van der Waals surface area contributed by atoms with Crippen LogP contribution in [-0.4, -0.2) is 6.04 Å². The van der Waals surface area contributed by atoms with Crippen molar-refractivity contribution in [3.8, 4) is 0 Å². The van der Waals surface area contributed by atoms with Gasteiger partial charge >= 0.3 is 0 Å². The fourth-order valence-electron chi connectivity index (χ4n) is 3.08. The van der Waals surface area contributed by atoms with Crippen LogP contribution in [0.15, 0.2) is 18.2 Å². The number of rotatable bonds is 4. The van der Waals surface area contributed by atoms with E-state index in [2.05, 4.69) is 24.4 Å². The number of nitrogens with one attached hydrogen (secondary N) is 1. The summed E-state index contributed by atoms with van der Waals surface area (Å²) in [6.07, 6.45) is 6.65. The van der Waals surface area contributed by atoms with Crippen LogP contribution in [0.3, 0.4) is 0 Å². The Hall–Kier alpha value is -1.02. The predicted octanol–water partition coefficient (Wildman–Crippen LogP) is 3.03. The normalized spacial score (nSPS) is 24.6. The van der Waals surface area contributed by atoms with E-state index in [-0.39, 0.29) is 0 Å². The van der Waals surface area contributed by atoms with Crippen LogP contribution < -0.4 is 11.1 Å². The lowest BCUT2D eigenvalue weighted by atomic mass is 10.1. The Morgan fingerprint density at radius 3 is 2.94 bits per heavy atom. The number of nitrogens with two attached hydrogens (primary N) is 1. The van der Waals surface area contributed by atoms with E-state index in [0.717, 1.165) is 11.6 Å². The average molecular weight is 230 g/mol. The van der Waals surface area contributed by atoms with E-state index in [9.17, 15) is 0 Å². The van der Waals surface area contributed by atoms with Gasteiger partial charge in [-0.3, -0.25) is 0 Å². The molecule has 2 aliphatic rings. The number of hydrogen-bond donors (Lipinski definition) is 2. The first-order chi connectivity index (χ1) is 8.22. The van der Waals surface area contributed by atoms with Gasteiger partial charge in [-0.25, -0.2) is 0 Å². The highest BCUT2D eigenvalue weighted by molar-refractivity contribution is 5.47. The van der Waals surface area contributed by atoms with E-state index in [1.807, 2.05) is 6.07 Å². The van der Waals surface area contributed by atoms with E-state index >= 15 is 0 Å². The number of aryl methyl sites for hydroxylation is 1. The summed E-state index contributed by atoms with van der Waals surface area (Å²) < 4.78 is 0. The number of nitrogen functional groups attached to an aromatic ring is 1. The summed E-state index contributed by atoms with van der Waals surface area (Å²) >= 11 is 0. The van der Waals surface area contributed by atoms with Crippen LogP contribution >= 0.6 is 0 Å². The van der Waals surface area contributed by atoms with Crippen molar-refractivity contribution >= 4 is 5.69 Å². The molecule has 0 bridgehead atoms. The fraction of sp³-hybridized carbons (Fsp3) is 0.600. The molecule has 1 aromatic rings. The van der Waals surface area contributed by atoms with E-state index in [1.165, 1.54) is 43.2 Å². The van der Waals surface area contributed by atoms with E-state index in [1.54, 1.807) is 0 Å². The molecule has 0 amide bonds. The molecule has 2 aliphatic carbocycles. The van der Waals surface area contributed by atoms with Gasteiger partial charge in [0.2, 0.25) is 0 Å². The smallest absolute Gasteiger partial charge is 0.0328 e. The molecule has 2 nitrogen and oxygen atoms in total. The van der Waals surface area contributed by atoms with Crippen LogP contribution in [0.25, 0.3) is 0 Å². The first kappa shape index (κ1) is 11.1. The molecular weight excluding hydrogens is 208 g/mol. The van der Waals surface area contributed by atoms with Gasteiger partial charge in [0.1, 0.15) is 0 Å². The molecule has 3 N–H and O–H groups in total. The maximum absolute atomic E-state index is 5.83. The molecule has 2 unspecified atom stereocenters. The number of benzene rings is 1. The van der Waals surface area contributed by atoms with Crippen molar-refractivity contribution < 1.29 is 0 Å². The molecule has 2 atom stereocenters. The molecule has 1 fully saturated rings. The van der Waals surface area contributed by atoms with Crippen LogP contribution in [0.5, 0.6) is 0 Å². The summed E-state index contributed by atoms with van der Waals surface area (Å²) in [6, 6.07) is 7.59. The average Bonchev–Trinajstić information content (AvgIpc) is 3.01. The van der Waals surface area contributed by atoms with Gasteiger partial charge in [-0.2, -0.15) is 0 Å². The predicted molar refractivity (Wildman–Crippen MR) is 71.9 cm³/mol. The van der Waals surface area contributed by atoms with Crippen molar-refractivity contribution in [1.82, 2.24) is 5.32 Å². The van der Waals surface area contributed by atoms with Gasteiger partial charge in [-0.1, -0.05) is 18.9 Å². The Labute approximate surface area is 104 Å². The van der Waals surface area contributed by atoms with E-state index in [4.69, 9.17) is 5.73 Å². The van der Waals surface area contributed by atoms with Crippen molar-refractivity contribution in [1.29, 1.82) is 0 Å². The third-order valence-corrected chi connectivity index (χ3v) is 4.11. The molecule has 2 heteroatoms. The molecule has 1 saturated carbocycles. The number of fused-ring (bicyclic) bond motifs is 1. The Morgan fingerprint density at radius 1 is 1.35 bits per heavy atom. The summed E-state index contributed by atoms with van der Waals surface area (Å²) in [5.74, 6) is 1.00. The molecule has 0 aromatic heterocycles. The molecule has 0 heterocycles. The highest BCUT2D eigenvalue weighted by Crippen LogP contribution is 2.36. The topological polar surface area (TPSA) is 38.0 Å². The van der Waals surface area contributed by atoms with Gasteiger partial charge in [0.25, 0.3) is 0 Å². The molecule has 0 radical (unpaired) electrons. The molecule has 0 saturated heterocycles. The van der Waals surface area contributed by atoms with Gasteiger partial charge < -0.3 is 11.1 Å². The minimum absolute atomic E-state index is 0.555. The van der Waals surface area contributed by atoms with Gasteiger partial charge in [0.05, 0.1) is 0 Å². The van der Waals surface area contributed by atoms with Crippen LogP contribution in [0.2, 0.25) is 0 Å². The first-order valence-electron chi connectivity index (χ1n) is 6.86. The molecule has 17 heavy (non-hydrogen) atoms. The Kier molecular flexibility index (Phi) is 2.83. The summed E-state index contributed by atoms with van der Waals surface area (Å²) in [5, 5.41) is 3.78. The Balaban J connectivity index is 1.66. The van der Waals surface area contributed by atoms with Gasteiger partial charge in [-0.05, 0) is 55.4 Å². The van der Waals surface area contributed by atoms with Crippen molar-refractivity contribution in [3.05, 3.63) is 29.3 Å². The standard InChI is InChI=1S/C15H22N2/c1-10(8-11-2-3-11)17-15-7-4-12-9-13(16)5-6-14(12)15/h5-6,9-11,15,17H,2-4,7-8,16H2,1H3. The fourth-order valence-corrected chi connectivity index (χ4v) is 3.08. The second-order valence-corrected chi connectivity index (χ2v) is 5.80. The molecule has 0 spiro atoms. The van der Waals surface area contributed by atoms with Crippen molar-refractivity contribution in [2.45, 2.75) is 51.1 Å². The minimum atomic E-state index is 0.555. The monoisotopic (exact) mass is 230 g/mol. The summed E-state index contributed by atoms with van der Waals surface area (Å²) in [6.45, 7) is 2.33. The maximum atomic E-state index is 5.83. The third kappa shape index (κ3) is 2.47. The maximum Gasteiger partial charge on any atom is 0.0328 e. The van der Waals surface area contributed by atoms with Crippen molar-refractivity contribution in [2.24, 2.45) is 5.92 Å². The lowest BCUT2D eigenvalue weighted by Crippen LogP contribution is -2.29. The van der Waals surface area contributed by atoms with Crippen molar-refractivity contribution in [3.63, 3.8) is 0 Å². The zero-order valence-corrected chi connectivity index (χ0v) is 10.6. The molecular formula is C15H22N2. The largest absolute Gasteiger partial charge is 0.399 e. The van der Waals surface area contributed by atoms with Gasteiger partial charge in [0, 0.05) is 17.8 Å². The van der Waals surface area contributed by atoms with Crippen LogP contribution in [-0.2, 0) is 6.42 Å². The SMILES string of the molecule is CC(CC1CC1)NC1CCc2cc(N)ccc21. The van der Waals surface area contributed by atoms with E-state index in [0.29, 0.717) is 12.1 Å². The summed E-state index contributed by atoms with van der Waals surface area (Å²) in [5.41, 5.74) is 9.65. The second-order valence-electron chi connectivity index (χ2n) is 5.80. The minimum Gasteiger partial charge on any atom is -0.399 e. The highest BCUT2D eigenvalue weighted by Gasteiger charge is 2.27. The summed E-state index contributed by atoms with van der Waals surface area (Å²) in [4.78, 5) is 0. The lowest BCUT2D eigenvalue weighted by molar-refractivity contribution is 0.419. The van der Waals surface area contributed by atoms with Crippen molar-refractivity contribution in [2.75, 3.05) is 5.73 Å². The van der Waals surface area contributed by atoms with Gasteiger partial charge in [0.15, 0.2) is 0 Å². The molecule has 92 valence electrons. The van der Waals surface area contributed by atoms with E-state index < -0.39 is 0 Å².